The molecule has 0 rings (SSSR count). The number of nitrogens with one attached hydrogen (secondary N) is 1. The molecule has 2 N–H and O–H groups in total. The largest absolute Gasteiger partial charge is 0.395 e. The molecule has 0 aromatic heterocycles. The lowest BCUT2D eigenvalue weighted by Gasteiger charge is -2.17. The van der Waals surface area contributed by atoms with Crippen LogP contribution in [0.5, 0.6) is 0 Å². The molecule has 4 nitrogen and oxygen atoms in total. The molecule has 0 aliphatic heterocycles. The van der Waals surface area contributed by atoms with Crippen molar-refractivity contribution in [2.24, 2.45) is 0 Å². The van der Waals surface area contributed by atoms with Crippen LogP contribution in [0.3, 0.4) is 0 Å². The Balaban J connectivity index is 3.38. The highest BCUT2D eigenvalue weighted by Crippen LogP contribution is 1.94. The van der Waals surface area contributed by atoms with E-state index in [-0.39, 0.29) is 18.8 Å². The van der Waals surface area contributed by atoms with Crippen molar-refractivity contribution in [1.29, 1.82) is 0 Å². The summed E-state index contributed by atoms with van der Waals surface area (Å²) < 4.78 is 10.6. The van der Waals surface area contributed by atoms with E-state index in [0.29, 0.717) is 19.8 Å². The first-order valence-corrected chi connectivity index (χ1v) is 4.72. The summed E-state index contributed by atoms with van der Waals surface area (Å²) in [6, 6.07) is 0.0177. The van der Waals surface area contributed by atoms with E-state index >= 15 is 0 Å². The molecule has 0 saturated carbocycles. The molecule has 0 spiro atoms. The van der Waals surface area contributed by atoms with Crippen LogP contribution in [-0.4, -0.2) is 50.7 Å². The van der Waals surface area contributed by atoms with E-state index in [9.17, 15) is 0 Å². The van der Waals surface area contributed by atoms with Gasteiger partial charge in [-0.05, 0) is 20.9 Å². The predicted molar refractivity (Wildman–Crippen MR) is 51.8 cm³/mol. The van der Waals surface area contributed by atoms with Crippen LogP contribution in [-0.2, 0) is 9.47 Å². The van der Waals surface area contributed by atoms with Gasteiger partial charge in [0.2, 0.25) is 0 Å². The van der Waals surface area contributed by atoms with Crippen LogP contribution < -0.4 is 5.32 Å². The lowest BCUT2D eigenvalue weighted by atomic mass is 10.3. The first-order chi connectivity index (χ1) is 6.24. The molecule has 2 unspecified atom stereocenters. The van der Waals surface area contributed by atoms with Crippen molar-refractivity contribution in [3.63, 3.8) is 0 Å². The van der Waals surface area contributed by atoms with Gasteiger partial charge in [0.1, 0.15) is 0 Å². The predicted octanol–water partition coefficient (Wildman–Crippen LogP) is 0.00830. The van der Waals surface area contributed by atoms with Crippen molar-refractivity contribution in [3.8, 4) is 0 Å². The average molecular weight is 191 g/mol. The second kappa shape index (κ2) is 8.44. The van der Waals surface area contributed by atoms with Crippen LogP contribution in [0.15, 0.2) is 0 Å². The summed E-state index contributed by atoms with van der Waals surface area (Å²) in [5.74, 6) is 0. The fraction of sp³-hybridized carbons (Fsp3) is 1.00. The van der Waals surface area contributed by atoms with Gasteiger partial charge in [0.25, 0.3) is 0 Å². The number of rotatable bonds is 8. The summed E-state index contributed by atoms with van der Waals surface area (Å²) in [6.45, 7) is 5.84. The quantitative estimate of drug-likeness (QED) is 0.567. The normalized spacial score (nSPS) is 15.7. The first-order valence-electron chi connectivity index (χ1n) is 4.72. The molecule has 0 aromatic carbocycles. The summed E-state index contributed by atoms with van der Waals surface area (Å²) in [4.78, 5) is 0. The summed E-state index contributed by atoms with van der Waals surface area (Å²) in [5, 5.41) is 11.8. The molecule has 4 heteroatoms. The monoisotopic (exact) mass is 191 g/mol. The van der Waals surface area contributed by atoms with E-state index in [1.165, 1.54) is 0 Å². The zero-order valence-corrected chi connectivity index (χ0v) is 8.75. The van der Waals surface area contributed by atoms with Crippen LogP contribution in [0.1, 0.15) is 13.8 Å². The zero-order valence-electron chi connectivity index (χ0n) is 8.75. The van der Waals surface area contributed by atoms with Gasteiger partial charge in [0, 0.05) is 6.61 Å². The van der Waals surface area contributed by atoms with Crippen LogP contribution in [0.25, 0.3) is 0 Å². The molecule has 0 amide bonds. The van der Waals surface area contributed by atoms with Crippen molar-refractivity contribution < 1.29 is 14.6 Å². The molecule has 0 saturated heterocycles. The third-order valence-electron chi connectivity index (χ3n) is 1.77. The number of hydrogen-bond acceptors (Lipinski definition) is 4. The highest BCUT2D eigenvalue weighted by atomic mass is 16.5. The number of aliphatic hydroxyl groups is 1. The fourth-order valence-corrected chi connectivity index (χ4v) is 0.840. The number of ether oxygens (including phenoxy) is 2. The van der Waals surface area contributed by atoms with E-state index in [1.807, 2.05) is 13.8 Å². The van der Waals surface area contributed by atoms with Crippen LogP contribution >= 0.6 is 0 Å². The van der Waals surface area contributed by atoms with Crippen molar-refractivity contribution >= 4 is 0 Å². The van der Waals surface area contributed by atoms with Crippen LogP contribution in [0.4, 0.5) is 0 Å². The summed E-state index contributed by atoms with van der Waals surface area (Å²) in [5.41, 5.74) is 0. The van der Waals surface area contributed by atoms with Crippen molar-refractivity contribution in [1.82, 2.24) is 5.32 Å². The number of aliphatic hydroxyl groups excluding tert-OH is 1. The summed E-state index contributed by atoms with van der Waals surface area (Å²) >= 11 is 0. The lowest BCUT2D eigenvalue weighted by molar-refractivity contribution is -0.0158. The Kier molecular flexibility index (Phi) is 8.33. The van der Waals surface area contributed by atoms with E-state index < -0.39 is 0 Å². The van der Waals surface area contributed by atoms with Crippen molar-refractivity contribution in [2.45, 2.75) is 26.0 Å². The molecular weight excluding hydrogens is 170 g/mol. The Morgan fingerprint density at radius 1 is 1.38 bits per heavy atom. The van der Waals surface area contributed by atoms with Gasteiger partial charge in [0.15, 0.2) is 0 Å². The highest BCUT2D eigenvalue weighted by Gasteiger charge is 2.07. The minimum absolute atomic E-state index is 0.0177. The topological polar surface area (TPSA) is 50.7 Å². The fourth-order valence-electron chi connectivity index (χ4n) is 0.840. The summed E-state index contributed by atoms with van der Waals surface area (Å²) in [7, 11) is 1.80. The Hall–Kier alpha value is -0.160. The molecule has 80 valence electrons. The Bertz CT molecular complexity index is 107. The second-order valence-corrected chi connectivity index (χ2v) is 2.97. The van der Waals surface area contributed by atoms with Crippen LogP contribution in [0, 0.1) is 0 Å². The standard InChI is InChI=1S/C9H21NO3/c1-4-12-6-8(2)13-7-9(5-11)10-3/h8-11H,4-7H2,1-3H3. The van der Waals surface area contributed by atoms with E-state index in [2.05, 4.69) is 5.32 Å². The van der Waals surface area contributed by atoms with Gasteiger partial charge < -0.3 is 19.9 Å². The molecule has 2 atom stereocenters. The van der Waals surface area contributed by atoms with E-state index in [4.69, 9.17) is 14.6 Å². The van der Waals surface area contributed by atoms with E-state index in [0.717, 1.165) is 0 Å². The molecule has 0 aliphatic carbocycles. The van der Waals surface area contributed by atoms with Crippen LogP contribution in [0.2, 0.25) is 0 Å². The van der Waals surface area contributed by atoms with Gasteiger partial charge in [-0.2, -0.15) is 0 Å². The molecule has 0 heterocycles. The van der Waals surface area contributed by atoms with E-state index in [1.54, 1.807) is 7.05 Å². The Morgan fingerprint density at radius 2 is 2.08 bits per heavy atom. The van der Waals surface area contributed by atoms with Crippen molar-refractivity contribution in [3.05, 3.63) is 0 Å². The molecule has 0 bridgehead atoms. The minimum atomic E-state index is 0.0177. The first kappa shape index (κ1) is 12.8. The second-order valence-electron chi connectivity index (χ2n) is 2.97. The third kappa shape index (κ3) is 6.95. The molecular formula is C9H21NO3. The third-order valence-corrected chi connectivity index (χ3v) is 1.77. The maximum absolute atomic E-state index is 8.84. The minimum Gasteiger partial charge on any atom is -0.395 e. The number of hydrogen-bond donors (Lipinski definition) is 2. The Labute approximate surface area is 80.2 Å². The average Bonchev–Trinajstić information content (AvgIpc) is 2.16. The molecule has 0 aliphatic rings. The maximum Gasteiger partial charge on any atom is 0.0781 e. The smallest absolute Gasteiger partial charge is 0.0781 e. The highest BCUT2D eigenvalue weighted by molar-refractivity contribution is 4.61. The SMILES string of the molecule is CCOCC(C)OCC(CO)NC. The molecule has 0 radical (unpaired) electrons. The van der Waals surface area contributed by atoms with Gasteiger partial charge in [-0.3, -0.25) is 0 Å². The molecule has 0 fully saturated rings. The molecule has 0 aromatic rings. The van der Waals surface area contributed by atoms with Gasteiger partial charge in [-0.15, -0.1) is 0 Å². The van der Waals surface area contributed by atoms with Gasteiger partial charge in [-0.25, -0.2) is 0 Å². The van der Waals surface area contributed by atoms with Gasteiger partial charge in [0.05, 0.1) is 32.0 Å². The van der Waals surface area contributed by atoms with Gasteiger partial charge in [-0.1, -0.05) is 0 Å². The zero-order chi connectivity index (χ0) is 10.1. The Morgan fingerprint density at radius 3 is 2.54 bits per heavy atom. The number of likely N-dealkylation sites (N-methyl/N-ethyl adjacent to an activating group) is 1. The summed E-state index contributed by atoms with van der Waals surface area (Å²) in [6.07, 6.45) is 0.0855. The van der Waals surface area contributed by atoms with Crippen molar-refractivity contribution in [2.75, 3.05) is 33.5 Å². The molecule has 13 heavy (non-hydrogen) atoms. The van der Waals surface area contributed by atoms with Gasteiger partial charge >= 0.3 is 0 Å². The lowest BCUT2D eigenvalue weighted by Crippen LogP contribution is -2.35. The maximum atomic E-state index is 8.84.